The highest BCUT2D eigenvalue weighted by Crippen LogP contribution is 2.33. The van der Waals surface area contributed by atoms with Crippen molar-refractivity contribution in [2.24, 2.45) is 0 Å². The standard InChI is InChI=1S/C19H23FN2O2/c1-3-24-19(23)13(2)22-10-7-14(8-11-22)16-6-9-21-18-5-4-15(20)12-17(16)18/h4-6,9,12-14H,3,7-8,10-11H2,1-2H3. The highest BCUT2D eigenvalue weighted by atomic mass is 19.1. The fourth-order valence-electron chi connectivity index (χ4n) is 3.51. The molecule has 0 bridgehead atoms. The Morgan fingerprint density at radius 2 is 2.12 bits per heavy atom. The van der Waals surface area contributed by atoms with Crippen molar-refractivity contribution in [3.05, 3.63) is 41.8 Å². The van der Waals surface area contributed by atoms with E-state index in [0.29, 0.717) is 12.5 Å². The number of aromatic nitrogens is 1. The highest BCUT2D eigenvalue weighted by Gasteiger charge is 2.28. The molecule has 5 heteroatoms. The molecule has 1 fully saturated rings. The minimum absolute atomic E-state index is 0.160. The van der Waals surface area contributed by atoms with E-state index in [1.807, 2.05) is 19.9 Å². The first kappa shape index (κ1) is 16.8. The van der Waals surface area contributed by atoms with Crippen LogP contribution in [0.15, 0.2) is 30.5 Å². The first-order chi connectivity index (χ1) is 11.6. The number of pyridine rings is 1. The minimum Gasteiger partial charge on any atom is -0.465 e. The van der Waals surface area contributed by atoms with Crippen LogP contribution in [0.3, 0.4) is 0 Å². The average Bonchev–Trinajstić information content (AvgIpc) is 2.61. The van der Waals surface area contributed by atoms with Crippen LogP contribution in [-0.4, -0.2) is 41.6 Å². The lowest BCUT2D eigenvalue weighted by Crippen LogP contribution is -2.44. The van der Waals surface area contributed by atoms with Gasteiger partial charge in [-0.1, -0.05) is 0 Å². The van der Waals surface area contributed by atoms with Crippen LogP contribution in [0.1, 0.15) is 38.2 Å². The van der Waals surface area contributed by atoms with Crippen LogP contribution in [0.2, 0.25) is 0 Å². The summed E-state index contributed by atoms with van der Waals surface area (Å²) in [5.41, 5.74) is 1.99. The smallest absolute Gasteiger partial charge is 0.323 e. The van der Waals surface area contributed by atoms with Gasteiger partial charge in [-0.05, 0) is 75.5 Å². The molecule has 1 aliphatic heterocycles. The van der Waals surface area contributed by atoms with Gasteiger partial charge in [0.15, 0.2) is 0 Å². The fraction of sp³-hybridized carbons (Fsp3) is 0.474. The van der Waals surface area contributed by atoms with E-state index in [4.69, 9.17) is 4.74 Å². The molecule has 0 spiro atoms. The summed E-state index contributed by atoms with van der Waals surface area (Å²) in [5.74, 6) is -0.0274. The van der Waals surface area contributed by atoms with Crippen molar-refractivity contribution in [2.45, 2.75) is 38.6 Å². The Hall–Kier alpha value is -2.01. The predicted octanol–water partition coefficient (Wildman–Crippen LogP) is 3.50. The second kappa shape index (κ2) is 7.26. The lowest BCUT2D eigenvalue weighted by molar-refractivity contribution is -0.149. The zero-order chi connectivity index (χ0) is 17.1. The molecule has 1 atom stereocenters. The molecule has 1 unspecified atom stereocenters. The van der Waals surface area contributed by atoms with E-state index < -0.39 is 0 Å². The SMILES string of the molecule is CCOC(=O)C(C)N1CCC(c2ccnc3ccc(F)cc23)CC1. The van der Waals surface area contributed by atoms with Crippen LogP contribution in [0.4, 0.5) is 4.39 Å². The Kier molecular flexibility index (Phi) is 5.09. The van der Waals surface area contributed by atoms with Gasteiger partial charge in [0.2, 0.25) is 0 Å². The minimum atomic E-state index is -0.231. The maximum atomic E-state index is 13.6. The molecule has 1 saturated heterocycles. The van der Waals surface area contributed by atoms with Crippen molar-refractivity contribution >= 4 is 16.9 Å². The molecule has 0 saturated carbocycles. The van der Waals surface area contributed by atoms with Gasteiger partial charge in [-0.15, -0.1) is 0 Å². The van der Waals surface area contributed by atoms with E-state index in [1.165, 1.54) is 6.07 Å². The molecular formula is C19H23FN2O2. The van der Waals surface area contributed by atoms with Crippen LogP contribution in [0.5, 0.6) is 0 Å². The van der Waals surface area contributed by atoms with Gasteiger partial charge in [0, 0.05) is 11.6 Å². The molecule has 1 aliphatic rings. The Balaban J connectivity index is 1.73. The molecule has 0 N–H and O–H groups in total. The molecule has 0 amide bonds. The summed E-state index contributed by atoms with van der Waals surface area (Å²) in [6, 6.07) is 6.54. The number of piperidine rings is 1. The Morgan fingerprint density at radius 3 is 2.83 bits per heavy atom. The number of fused-ring (bicyclic) bond motifs is 1. The summed E-state index contributed by atoms with van der Waals surface area (Å²) in [5, 5.41) is 0.898. The van der Waals surface area contributed by atoms with Crippen LogP contribution >= 0.6 is 0 Å². The Labute approximate surface area is 141 Å². The van der Waals surface area contributed by atoms with E-state index in [-0.39, 0.29) is 17.8 Å². The van der Waals surface area contributed by atoms with Gasteiger partial charge in [-0.25, -0.2) is 4.39 Å². The largest absolute Gasteiger partial charge is 0.465 e. The highest BCUT2D eigenvalue weighted by molar-refractivity contribution is 5.82. The van der Waals surface area contributed by atoms with E-state index in [1.54, 1.807) is 18.3 Å². The summed E-state index contributed by atoms with van der Waals surface area (Å²) in [6.45, 7) is 5.81. The third-order valence-corrected chi connectivity index (χ3v) is 4.88. The lowest BCUT2D eigenvalue weighted by Gasteiger charge is -2.35. The lowest BCUT2D eigenvalue weighted by atomic mass is 9.87. The molecule has 3 rings (SSSR count). The van der Waals surface area contributed by atoms with Crippen molar-refractivity contribution in [1.29, 1.82) is 0 Å². The monoisotopic (exact) mass is 330 g/mol. The van der Waals surface area contributed by atoms with Gasteiger partial charge in [0.1, 0.15) is 11.9 Å². The third-order valence-electron chi connectivity index (χ3n) is 4.88. The number of halogens is 1. The number of carbonyl (C=O) groups is 1. The molecule has 2 heterocycles. The summed E-state index contributed by atoms with van der Waals surface area (Å²) in [6.07, 6.45) is 3.68. The summed E-state index contributed by atoms with van der Waals surface area (Å²) < 4.78 is 18.7. The topological polar surface area (TPSA) is 42.4 Å². The molecule has 1 aromatic carbocycles. The number of carbonyl (C=O) groups excluding carboxylic acids is 1. The first-order valence-corrected chi connectivity index (χ1v) is 8.55. The van der Waals surface area contributed by atoms with Crippen molar-refractivity contribution in [3.63, 3.8) is 0 Å². The number of nitrogens with zero attached hydrogens (tertiary/aromatic N) is 2. The summed E-state index contributed by atoms with van der Waals surface area (Å²) in [4.78, 5) is 18.4. The van der Waals surface area contributed by atoms with E-state index in [2.05, 4.69) is 9.88 Å². The van der Waals surface area contributed by atoms with Gasteiger partial charge in [0.25, 0.3) is 0 Å². The van der Waals surface area contributed by atoms with Gasteiger partial charge < -0.3 is 4.74 Å². The van der Waals surface area contributed by atoms with Crippen molar-refractivity contribution in [2.75, 3.05) is 19.7 Å². The number of ether oxygens (including phenoxy) is 1. The molecule has 2 aromatic rings. The molecule has 0 radical (unpaired) electrons. The normalized spacial score (nSPS) is 17.8. The van der Waals surface area contributed by atoms with E-state index in [9.17, 15) is 9.18 Å². The second-order valence-corrected chi connectivity index (χ2v) is 6.30. The Morgan fingerprint density at radius 1 is 1.38 bits per heavy atom. The molecule has 1 aromatic heterocycles. The maximum Gasteiger partial charge on any atom is 0.323 e. The van der Waals surface area contributed by atoms with E-state index >= 15 is 0 Å². The third kappa shape index (κ3) is 3.41. The number of rotatable bonds is 4. The molecular weight excluding hydrogens is 307 g/mol. The van der Waals surface area contributed by atoms with Crippen molar-refractivity contribution < 1.29 is 13.9 Å². The number of likely N-dealkylation sites (tertiary alicyclic amines) is 1. The molecule has 4 nitrogen and oxygen atoms in total. The van der Waals surface area contributed by atoms with E-state index in [0.717, 1.165) is 42.4 Å². The number of hydrogen-bond donors (Lipinski definition) is 0. The maximum absolute atomic E-state index is 13.6. The van der Waals surface area contributed by atoms with Crippen LogP contribution in [-0.2, 0) is 9.53 Å². The number of esters is 1. The van der Waals surface area contributed by atoms with Gasteiger partial charge in [0.05, 0.1) is 12.1 Å². The quantitative estimate of drug-likeness (QED) is 0.805. The first-order valence-electron chi connectivity index (χ1n) is 8.55. The van der Waals surface area contributed by atoms with Crippen molar-refractivity contribution in [3.8, 4) is 0 Å². The molecule has 0 aliphatic carbocycles. The second-order valence-electron chi connectivity index (χ2n) is 6.30. The zero-order valence-electron chi connectivity index (χ0n) is 14.2. The van der Waals surface area contributed by atoms with Gasteiger partial charge in [-0.3, -0.25) is 14.7 Å². The van der Waals surface area contributed by atoms with Gasteiger partial charge in [-0.2, -0.15) is 0 Å². The summed E-state index contributed by atoms with van der Waals surface area (Å²) in [7, 11) is 0. The fourth-order valence-corrected chi connectivity index (χ4v) is 3.51. The number of benzene rings is 1. The van der Waals surface area contributed by atoms with Gasteiger partial charge >= 0.3 is 5.97 Å². The van der Waals surface area contributed by atoms with Crippen LogP contribution in [0.25, 0.3) is 10.9 Å². The average molecular weight is 330 g/mol. The Bertz CT molecular complexity index is 726. The molecule has 128 valence electrons. The van der Waals surface area contributed by atoms with Crippen LogP contribution in [0, 0.1) is 5.82 Å². The van der Waals surface area contributed by atoms with Crippen LogP contribution < -0.4 is 0 Å². The predicted molar refractivity (Wildman–Crippen MR) is 91.3 cm³/mol. The molecule has 24 heavy (non-hydrogen) atoms. The zero-order valence-corrected chi connectivity index (χ0v) is 14.2. The summed E-state index contributed by atoms with van der Waals surface area (Å²) >= 11 is 0. The van der Waals surface area contributed by atoms with Crippen molar-refractivity contribution in [1.82, 2.24) is 9.88 Å². The number of hydrogen-bond acceptors (Lipinski definition) is 4.